The number of hydrogen-bond acceptors (Lipinski definition) is 5. The van der Waals surface area contributed by atoms with E-state index in [9.17, 15) is 0 Å². The van der Waals surface area contributed by atoms with Gasteiger partial charge in [-0.3, -0.25) is 0 Å². The monoisotopic (exact) mass is 257 g/mol. The summed E-state index contributed by atoms with van der Waals surface area (Å²) in [4.78, 5) is 0.911. The van der Waals surface area contributed by atoms with Crippen molar-refractivity contribution in [2.45, 2.75) is 35.9 Å². The van der Waals surface area contributed by atoms with Gasteiger partial charge < -0.3 is 0 Å². The Morgan fingerprint density at radius 3 is 3.00 bits per heavy atom. The first-order chi connectivity index (χ1) is 8.78. The van der Waals surface area contributed by atoms with Crippen molar-refractivity contribution >= 4 is 11.8 Å². The van der Waals surface area contributed by atoms with Crippen LogP contribution in [0.4, 0.5) is 0 Å². The van der Waals surface area contributed by atoms with Crippen LogP contribution in [0.3, 0.4) is 0 Å². The van der Waals surface area contributed by atoms with Crippen molar-refractivity contribution in [3.63, 3.8) is 0 Å². The largest absolute Gasteiger partial charge is 0.217 e. The summed E-state index contributed by atoms with van der Waals surface area (Å²) >= 11 is 1.46. The zero-order valence-electron chi connectivity index (χ0n) is 9.87. The maximum atomic E-state index is 9.11. The summed E-state index contributed by atoms with van der Waals surface area (Å²) in [5.41, 5.74) is 1.79. The summed E-state index contributed by atoms with van der Waals surface area (Å²) in [7, 11) is 0. The van der Waals surface area contributed by atoms with E-state index >= 15 is 0 Å². The molecule has 1 aliphatic carbocycles. The SMILES string of the molecule is Cc1ccc(C#N)c(Sc2nnnn2C2CC2)c1. The fraction of sp³-hybridized carbons (Fsp3) is 0.333. The van der Waals surface area contributed by atoms with Gasteiger partial charge in [-0.05, 0) is 59.7 Å². The molecule has 0 aliphatic heterocycles. The molecule has 0 N–H and O–H groups in total. The van der Waals surface area contributed by atoms with Crippen LogP contribution in [0.15, 0.2) is 28.3 Å². The molecule has 18 heavy (non-hydrogen) atoms. The third-order valence-electron chi connectivity index (χ3n) is 2.81. The van der Waals surface area contributed by atoms with E-state index in [0.29, 0.717) is 11.6 Å². The molecule has 0 unspecified atom stereocenters. The highest BCUT2D eigenvalue weighted by Crippen LogP contribution is 2.38. The zero-order valence-corrected chi connectivity index (χ0v) is 10.7. The summed E-state index contributed by atoms with van der Waals surface area (Å²) in [6.45, 7) is 2.01. The Bertz CT molecular complexity index is 624. The van der Waals surface area contributed by atoms with Gasteiger partial charge in [-0.2, -0.15) is 5.26 Å². The third kappa shape index (κ3) is 2.09. The van der Waals surface area contributed by atoms with Crippen LogP contribution in [0, 0.1) is 18.3 Å². The second-order valence-corrected chi connectivity index (χ2v) is 5.36. The van der Waals surface area contributed by atoms with Gasteiger partial charge in [0.2, 0.25) is 5.16 Å². The Labute approximate surface area is 109 Å². The summed E-state index contributed by atoms with van der Waals surface area (Å²) in [5.74, 6) is 0. The molecule has 1 aromatic carbocycles. The lowest BCUT2D eigenvalue weighted by Gasteiger charge is -2.05. The molecule has 0 amide bonds. The molecule has 5 nitrogen and oxygen atoms in total. The van der Waals surface area contributed by atoms with E-state index in [1.807, 2.05) is 29.8 Å². The number of nitrogens with zero attached hydrogens (tertiary/aromatic N) is 5. The quantitative estimate of drug-likeness (QED) is 0.844. The number of aryl methyl sites for hydroxylation is 1. The van der Waals surface area contributed by atoms with Crippen LogP contribution < -0.4 is 0 Å². The second kappa shape index (κ2) is 4.42. The number of benzene rings is 1. The van der Waals surface area contributed by atoms with Crippen molar-refractivity contribution < 1.29 is 0 Å². The van der Waals surface area contributed by atoms with Crippen LogP contribution >= 0.6 is 11.8 Å². The molecule has 90 valence electrons. The van der Waals surface area contributed by atoms with Gasteiger partial charge in [0.15, 0.2) is 0 Å². The molecular formula is C12H11N5S. The second-order valence-electron chi connectivity index (χ2n) is 4.35. The van der Waals surface area contributed by atoms with Crippen molar-refractivity contribution in [2.75, 3.05) is 0 Å². The fourth-order valence-electron chi connectivity index (χ4n) is 1.71. The predicted molar refractivity (Wildman–Crippen MR) is 66.1 cm³/mol. The highest BCUT2D eigenvalue weighted by Gasteiger charge is 2.28. The normalized spacial score (nSPS) is 14.4. The van der Waals surface area contributed by atoms with E-state index < -0.39 is 0 Å². The molecule has 1 heterocycles. The van der Waals surface area contributed by atoms with E-state index in [4.69, 9.17) is 5.26 Å². The summed E-state index contributed by atoms with van der Waals surface area (Å²) < 4.78 is 1.86. The average molecular weight is 257 g/mol. The van der Waals surface area contributed by atoms with Gasteiger partial charge in [0.25, 0.3) is 0 Å². The first-order valence-corrected chi connectivity index (χ1v) is 6.56. The Morgan fingerprint density at radius 2 is 2.28 bits per heavy atom. The Balaban J connectivity index is 1.94. The number of tetrazole rings is 1. The van der Waals surface area contributed by atoms with Crippen LogP contribution in [0.5, 0.6) is 0 Å². The van der Waals surface area contributed by atoms with E-state index in [1.54, 1.807) is 0 Å². The van der Waals surface area contributed by atoms with Crippen LogP contribution in [-0.2, 0) is 0 Å². The summed E-state index contributed by atoms with van der Waals surface area (Å²) in [5, 5.41) is 21.6. The minimum atomic E-state index is 0.442. The fourth-order valence-corrected chi connectivity index (χ4v) is 2.73. The molecule has 0 bridgehead atoms. The minimum Gasteiger partial charge on any atom is -0.217 e. The highest BCUT2D eigenvalue weighted by molar-refractivity contribution is 7.99. The first-order valence-electron chi connectivity index (χ1n) is 5.74. The highest BCUT2D eigenvalue weighted by atomic mass is 32.2. The van der Waals surface area contributed by atoms with Gasteiger partial charge in [-0.25, -0.2) is 4.68 Å². The van der Waals surface area contributed by atoms with E-state index in [-0.39, 0.29) is 0 Å². The maximum Gasteiger partial charge on any atom is 0.214 e. The Hall–Kier alpha value is -1.87. The molecule has 2 aromatic rings. The maximum absolute atomic E-state index is 9.11. The van der Waals surface area contributed by atoms with Crippen LogP contribution in [0.2, 0.25) is 0 Å². The molecule has 1 aromatic heterocycles. The number of aromatic nitrogens is 4. The van der Waals surface area contributed by atoms with Crippen molar-refractivity contribution in [1.29, 1.82) is 5.26 Å². The molecule has 6 heteroatoms. The third-order valence-corrected chi connectivity index (χ3v) is 3.82. The topological polar surface area (TPSA) is 67.4 Å². The molecule has 1 fully saturated rings. The molecule has 1 saturated carbocycles. The summed E-state index contributed by atoms with van der Waals surface area (Å²) in [6, 6.07) is 8.41. The van der Waals surface area contributed by atoms with Gasteiger partial charge in [0.1, 0.15) is 6.07 Å². The molecule has 1 aliphatic rings. The van der Waals surface area contributed by atoms with Crippen molar-refractivity contribution in [3.05, 3.63) is 29.3 Å². The lowest BCUT2D eigenvalue weighted by molar-refractivity contribution is 0.565. The first kappa shape index (κ1) is 11.2. The molecule has 0 radical (unpaired) electrons. The van der Waals surface area contributed by atoms with Crippen LogP contribution in [-0.4, -0.2) is 20.2 Å². The van der Waals surface area contributed by atoms with Gasteiger partial charge in [0, 0.05) is 4.90 Å². The average Bonchev–Trinajstić information content (AvgIpc) is 3.11. The summed E-state index contributed by atoms with van der Waals surface area (Å²) in [6.07, 6.45) is 2.27. The van der Waals surface area contributed by atoms with Gasteiger partial charge in [0.05, 0.1) is 11.6 Å². The molecule has 0 atom stereocenters. The standard InChI is InChI=1S/C12H11N5S/c1-8-2-3-9(7-13)11(6-8)18-12-14-15-16-17(12)10-4-5-10/h2-3,6,10H,4-5H2,1H3. The van der Waals surface area contributed by atoms with Crippen LogP contribution in [0.1, 0.15) is 30.0 Å². The van der Waals surface area contributed by atoms with Gasteiger partial charge in [-0.15, -0.1) is 5.10 Å². The lowest BCUT2D eigenvalue weighted by atomic mass is 10.2. The van der Waals surface area contributed by atoms with Gasteiger partial charge >= 0.3 is 0 Å². The molecule has 3 rings (SSSR count). The minimum absolute atomic E-state index is 0.442. The zero-order chi connectivity index (χ0) is 12.5. The Morgan fingerprint density at radius 1 is 1.44 bits per heavy atom. The number of rotatable bonds is 3. The number of nitriles is 1. The van der Waals surface area contributed by atoms with E-state index in [1.165, 1.54) is 11.8 Å². The predicted octanol–water partition coefficient (Wildman–Crippen LogP) is 2.34. The van der Waals surface area contributed by atoms with Gasteiger partial charge in [-0.1, -0.05) is 6.07 Å². The molecule has 0 saturated heterocycles. The van der Waals surface area contributed by atoms with Crippen LogP contribution in [0.25, 0.3) is 0 Å². The number of hydrogen-bond donors (Lipinski definition) is 0. The molecule has 0 spiro atoms. The smallest absolute Gasteiger partial charge is 0.214 e. The lowest BCUT2D eigenvalue weighted by Crippen LogP contribution is -1.98. The van der Waals surface area contributed by atoms with Crippen molar-refractivity contribution in [1.82, 2.24) is 20.2 Å². The Kier molecular flexibility index (Phi) is 2.76. The van der Waals surface area contributed by atoms with Crippen molar-refractivity contribution in [3.8, 4) is 6.07 Å². The van der Waals surface area contributed by atoms with Crippen molar-refractivity contribution in [2.24, 2.45) is 0 Å². The van der Waals surface area contributed by atoms with E-state index in [0.717, 1.165) is 28.5 Å². The molecular weight excluding hydrogens is 246 g/mol. The van der Waals surface area contributed by atoms with E-state index in [2.05, 4.69) is 21.6 Å².